The van der Waals surface area contributed by atoms with Crippen molar-refractivity contribution in [1.29, 1.82) is 0 Å². The van der Waals surface area contributed by atoms with Crippen molar-refractivity contribution in [2.24, 2.45) is 12.8 Å². The van der Waals surface area contributed by atoms with Gasteiger partial charge in [-0.05, 0) is 12.8 Å². The number of aryl methyl sites for hydroxylation is 1. The summed E-state index contributed by atoms with van der Waals surface area (Å²) in [5.41, 5.74) is 5.58. The summed E-state index contributed by atoms with van der Waals surface area (Å²) in [7, 11) is -1.82. The van der Waals surface area contributed by atoms with Gasteiger partial charge in [-0.25, -0.2) is 13.4 Å². The van der Waals surface area contributed by atoms with Crippen molar-refractivity contribution >= 4 is 10.0 Å². The van der Waals surface area contributed by atoms with Crippen molar-refractivity contribution < 1.29 is 8.42 Å². The van der Waals surface area contributed by atoms with Gasteiger partial charge in [0, 0.05) is 31.9 Å². The van der Waals surface area contributed by atoms with Crippen LogP contribution in [0, 0.1) is 0 Å². The first kappa shape index (κ1) is 16.5. The number of rotatable bonds is 5. The lowest BCUT2D eigenvalue weighted by atomic mass is 9.90. The summed E-state index contributed by atoms with van der Waals surface area (Å²) in [6.45, 7) is 2.67. The second-order valence-corrected chi connectivity index (χ2v) is 7.70. The Kier molecular flexibility index (Phi) is 5.06. The Labute approximate surface area is 127 Å². The molecular formula is C14H26N4O2S. The number of sulfonamides is 1. The molecule has 120 valence electrons. The van der Waals surface area contributed by atoms with Gasteiger partial charge < -0.3 is 10.3 Å². The molecule has 2 N–H and O–H groups in total. The third-order valence-corrected chi connectivity index (χ3v) is 6.43. The first-order chi connectivity index (χ1) is 9.96. The number of aromatic nitrogens is 2. The van der Waals surface area contributed by atoms with Crippen molar-refractivity contribution in [2.45, 2.75) is 56.0 Å². The van der Waals surface area contributed by atoms with Gasteiger partial charge in [0.05, 0.1) is 6.33 Å². The monoisotopic (exact) mass is 314 g/mol. The highest BCUT2D eigenvalue weighted by molar-refractivity contribution is 7.89. The summed E-state index contributed by atoms with van der Waals surface area (Å²) < 4.78 is 29.1. The van der Waals surface area contributed by atoms with Gasteiger partial charge in [0.15, 0.2) is 5.03 Å². The van der Waals surface area contributed by atoms with Crippen LogP contribution in [0.2, 0.25) is 0 Å². The molecule has 1 aromatic rings. The highest BCUT2D eigenvalue weighted by Gasteiger charge is 2.43. The number of nitrogens with zero attached hydrogens (tertiary/aromatic N) is 3. The smallest absolute Gasteiger partial charge is 0.262 e. The number of hydrogen-bond acceptors (Lipinski definition) is 4. The normalized spacial score (nSPS) is 19.6. The molecule has 0 aromatic carbocycles. The molecule has 0 amide bonds. The molecule has 1 aromatic heterocycles. The Bertz CT molecular complexity index is 559. The molecule has 0 spiro atoms. The van der Waals surface area contributed by atoms with Gasteiger partial charge >= 0.3 is 0 Å². The minimum absolute atomic E-state index is 0.115. The van der Waals surface area contributed by atoms with Gasteiger partial charge in [-0.1, -0.05) is 32.6 Å². The van der Waals surface area contributed by atoms with E-state index < -0.39 is 15.6 Å². The fourth-order valence-electron chi connectivity index (χ4n) is 3.34. The lowest BCUT2D eigenvalue weighted by Crippen LogP contribution is -2.56. The zero-order valence-corrected chi connectivity index (χ0v) is 13.8. The van der Waals surface area contributed by atoms with Gasteiger partial charge in [-0.3, -0.25) is 0 Å². The van der Waals surface area contributed by atoms with Crippen LogP contribution in [-0.4, -0.2) is 40.9 Å². The maximum absolute atomic E-state index is 12.9. The summed E-state index contributed by atoms with van der Waals surface area (Å²) in [4.78, 5) is 4.03. The summed E-state index contributed by atoms with van der Waals surface area (Å²) in [6.07, 6.45) is 9.12. The van der Waals surface area contributed by atoms with Gasteiger partial charge in [-0.15, -0.1) is 0 Å². The molecule has 0 bridgehead atoms. The Morgan fingerprint density at radius 2 is 1.95 bits per heavy atom. The molecule has 0 unspecified atom stereocenters. The average molecular weight is 314 g/mol. The van der Waals surface area contributed by atoms with Crippen LogP contribution in [-0.2, 0) is 17.1 Å². The lowest BCUT2D eigenvalue weighted by molar-refractivity contribution is 0.173. The first-order valence-electron chi connectivity index (χ1n) is 7.67. The van der Waals surface area contributed by atoms with E-state index in [0.29, 0.717) is 13.1 Å². The predicted octanol–water partition coefficient (Wildman–Crippen LogP) is 1.48. The average Bonchev–Trinajstić information content (AvgIpc) is 2.76. The molecule has 0 atom stereocenters. The van der Waals surface area contributed by atoms with Crippen LogP contribution < -0.4 is 5.73 Å². The van der Waals surface area contributed by atoms with Crippen LogP contribution in [0.1, 0.15) is 45.4 Å². The lowest BCUT2D eigenvalue weighted by Gasteiger charge is -2.41. The quantitative estimate of drug-likeness (QED) is 0.835. The molecule has 7 heteroatoms. The zero-order chi connectivity index (χ0) is 15.5. The maximum Gasteiger partial charge on any atom is 0.262 e. The number of imidazole rings is 1. The van der Waals surface area contributed by atoms with Crippen LogP contribution in [0.25, 0.3) is 0 Å². The van der Waals surface area contributed by atoms with Crippen molar-refractivity contribution in [2.75, 3.05) is 13.1 Å². The molecule has 1 aliphatic rings. The van der Waals surface area contributed by atoms with Crippen molar-refractivity contribution in [1.82, 2.24) is 13.9 Å². The van der Waals surface area contributed by atoms with Crippen LogP contribution in [0.4, 0.5) is 0 Å². The minimum atomic E-state index is -3.60. The summed E-state index contributed by atoms with van der Waals surface area (Å²) in [6, 6.07) is 0. The maximum atomic E-state index is 12.9. The van der Waals surface area contributed by atoms with E-state index >= 15 is 0 Å². The second kappa shape index (κ2) is 6.46. The summed E-state index contributed by atoms with van der Waals surface area (Å²) in [5, 5.41) is 0.115. The number of hydrogen-bond donors (Lipinski definition) is 1. The van der Waals surface area contributed by atoms with E-state index in [0.717, 1.165) is 38.5 Å². The molecule has 1 heterocycles. The van der Waals surface area contributed by atoms with Crippen molar-refractivity contribution in [3.8, 4) is 0 Å². The van der Waals surface area contributed by atoms with Crippen molar-refractivity contribution in [3.63, 3.8) is 0 Å². The highest BCUT2D eigenvalue weighted by Crippen LogP contribution is 2.35. The zero-order valence-electron chi connectivity index (χ0n) is 13.0. The predicted molar refractivity (Wildman–Crippen MR) is 82.3 cm³/mol. The van der Waals surface area contributed by atoms with E-state index in [1.165, 1.54) is 6.33 Å². The molecule has 0 saturated heterocycles. The van der Waals surface area contributed by atoms with E-state index in [-0.39, 0.29) is 5.03 Å². The molecule has 2 rings (SSSR count). The highest BCUT2D eigenvalue weighted by atomic mass is 32.2. The molecule has 0 radical (unpaired) electrons. The minimum Gasteiger partial charge on any atom is -0.339 e. The first-order valence-corrected chi connectivity index (χ1v) is 9.11. The third-order valence-electron chi connectivity index (χ3n) is 4.47. The Morgan fingerprint density at radius 1 is 1.33 bits per heavy atom. The van der Waals surface area contributed by atoms with E-state index in [9.17, 15) is 8.42 Å². The number of nitrogens with two attached hydrogens (primary N) is 1. The second-order valence-electron chi connectivity index (χ2n) is 5.89. The van der Waals surface area contributed by atoms with Crippen LogP contribution in [0.3, 0.4) is 0 Å². The van der Waals surface area contributed by atoms with Gasteiger partial charge in [-0.2, -0.15) is 4.31 Å². The SMILES string of the molecule is CCN(C1(CN)CCCCCC1)S(=O)(=O)c1cn(C)cn1. The topological polar surface area (TPSA) is 81.2 Å². The molecule has 21 heavy (non-hydrogen) atoms. The molecule has 1 aliphatic carbocycles. The Hall–Kier alpha value is -0.920. The van der Waals surface area contributed by atoms with Crippen LogP contribution in [0.15, 0.2) is 17.6 Å². The number of likely N-dealkylation sites (N-methyl/N-ethyl adjacent to an activating group) is 1. The van der Waals surface area contributed by atoms with Gasteiger partial charge in [0.1, 0.15) is 0 Å². The van der Waals surface area contributed by atoms with E-state index in [1.54, 1.807) is 22.1 Å². The third kappa shape index (κ3) is 3.14. The van der Waals surface area contributed by atoms with E-state index in [4.69, 9.17) is 5.73 Å². The van der Waals surface area contributed by atoms with E-state index in [1.807, 2.05) is 6.92 Å². The van der Waals surface area contributed by atoms with Gasteiger partial charge in [0.2, 0.25) is 0 Å². The Morgan fingerprint density at radius 3 is 2.38 bits per heavy atom. The van der Waals surface area contributed by atoms with E-state index in [2.05, 4.69) is 4.98 Å². The molecule has 1 saturated carbocycles. The van der Waals surface area contributed by atoms with Crippen LogP contribution >= 0.6 is 0 Å². The molecule has 0 aliphatic heterocycles. The van der Waals surface area contributed by atoms with Gasteiger partial charge in [0.25, 0.3) is 10.0 Å². The Balaban J connectivity index is 2.40. The summed E-state index contributed by atoms with van der Waals surface area (Å²) in [5.74, 6) is 0. The molecular weight excluding hydrogens is 288 g/mol. The fourth-order valence-corrected chi connectivity index (χ4v) is 5.15. The molecule has 1 fully saturated rings. The largest absolute Gasteiger partial charge is 0.339 e. The van der Waals surface area contributed by atoms with Crippen molar-refractivity contribution in [3.05, 3.63) is 12.5 Å². The van der Waals surface area contributed by atoms with Crippen LogP contribution in [0.5, 0.6) is 0 Å². The summed E-state index contributed by atoms with van der Waals surface area (Å²) >= 11 is 0. The molecule has 6 nitrogen and oxygen atoms in total. The fraction of sp³-hybridized carbons (Fsp3) is 0.786. The standard InChI is InChI=1S/C14H26N4O2S/c1-3-18(14(11-15)8-6-4-5-7-9-14)21(19,20)13-10-17(2)12-16-13/h10,12H,3-9,11,15H2,1-2H3.